The number of nitrogens with one attached hydrogen (secondary N) is 1. The van der Waals surface area contributed by atoms with Gasteiger partial charge in [-0.25, -0.2) is 0 Å². The maximum absolute atomic E-state index is 12.4. The molecule has 2 aromatic rings. The van der Waals surface area contributed by atoms with Crippen molar-refractivity contribution in [1.29, 1.82) is 0 Å². The Morgan fingerprint density at radius 1 is 1.22 bits per heavy atom. The second kappa shape index (κ2) is 6.58. The molecular formula is C16H13ClN2O4. The summed E-state index contributed by atoms with van der Waals surface area (Å²) in [5.41, 5.74) is 0.967. The lowest BCUT2D eigenvalue weighted by molar-refractivity contribution is -0.385. The van der Waals surface area contributed by atoms with Crippen LogP contribution in [0.3, 0.4) is 0 Å². The Bertz CT molecular complexity index is 818. The van der Waals surface area contributed by atoms with Gasteiger partial charge in [0.1, 0.15) is 0 Å². The highest BCUT2D eigenvalue weighted by molar-refractivity contribution is 6.34. The van der Waals surface area contributed by atoms with Gasteiger partial charge in [-0.1, -0.05) is 17.7 Å². The van der Waals surface area contributed by atoms with Gasteiger partial charge in [0.05, 0.1) is 15.6 Å². The smallest absolute Gasteiger partial charge is 0.273 e. The summed E-state index contributed by atoms with van der Waals surface area (Å²) in [5.74, 6) is -0.697. The van der Waals surface area contributed by atoms with Crippen molar-refractivity contribution in [3.8, 4) is 0 Å². The molecule has 0 aliphatic carbocycles. The van der Waals surface area contributed by atoms with E-state index in [1.807, 2.05) is 0 Å². The maximum Gasteiger partial charge on any atom is 0.273 e. The summed E-state index contributed by atoms with van der Waals surface area (Å²) in [6, 6.07) is 8.78. The highest BCUT2D eigenvalue weighted by Gasteiger charge is 2.18. The molecule has 1 amide bonds. The Morgan fingerprint density at radius 2 is 1.91 bits per heavy atom. The average Bonchev–Trinajstić information content (AvgIpc) is 2.49. The molecule has 0 spiro atoms. The fourth-order valence-electron chi connectivity index (χ4n) is 2.10. The molecule has 0 atom stereocenters. The number of anilines is 1. The van der Waals surface area contributed by atoms with E-state index in [-0.39, 0.29) is 33.3 Å². The van der Waals surface area contributed by atoms with Crippen LogP contribution < -0.4 is 5.32 Å². The summed E-state index contributed by atoms with van der Waals surface area (Å²) >= 11 is 6.02. The number of nitro benzene ring substituents is 1. The summed E-state index contributed by atoms with van der Waals surface area (Å²) in [6.45, 7) is 2.90. The minimum absolute atomic E-state index is 0.138. The zero-order valence-corrected chi connectivity index (χ0v) is 13.2. The fourth-order valence-corrected chi connectivity index (χ4v) is 2.26. The predicted octanol–water partition coefficient (Wildman–Crippen LogP) is 4.01. The standard InChI is InChI=1S/C16H13ClN2O4/c1-9-12(4-3-5-15(9)19(22)23)16(21)18-14-8-11(10(2)20)6-7-13(14)17/h3-8H,1-2H3,(H,18,21). The van der Waals surface area contributed by atoms with Crippen molar-refractivity contribution in [3.05, 3.63) is 68.2 Å². The minimum atomic E-state index is -0.546. The quantitative estimate of drug-likeness (QED) is 0.520. The number of rotatable bonds is 4. The largest absolute Gasteiger partial charge is 0.321 e. The first-order valence-corrected chi connectivity index (χ1v) is 7.05. The van der Waals surface area contributed by atoms with Crippen molar-refractivity contribution in [2.75, 3.05) is 5.32 Å². The van der Waals surface area contributed by atoms with Crippen LogP contribution in [0, 0.1) is 17.0 Å². The summed E-state index contributed by atoms with van der Waals surface area (Å²) in [4.78, 5) is 34.2. The van der Waals surface area contributed by atoms with Crippen molar-refractivity contribution in [2.45, 2.75) is 13.8 Å². The zero-order chi connectivity index (χ0) is 17.1. The number of carbonyl (C=O) groups is 2. The summed E-state index contributed by atoms with van der Waals surface area (Å²) in [6.07, 6.45) is 0. The van der Waals surface area contributed by atoms with Gasteiger partial charge in [0.15, 0.2) is 5.78 Å². The second-order valence-electron chi connectivity index (χ2n) is 4.91. The van der Waals surface area contributed by atoms with Crippen LogP contribution in [0.2, 0.25) is 5.02 Å². The van der Waals surface area contributed by atoms with Crippen LogP contribution in [0.15, 0.2) is 36.4 Å². The van der Waals surface area contributed by atoms with Crippen LogP contribution >= 0.6 is 11.6 Å². The van der Waals surface area contributed by atoms with E-state index in [9.17, 15) is 19.7 Å². The van der Waals surface area contributed by atoms with E-state index < -0.39 is 10.8 Å². The molecule has 0 fully saturated rings. The van der Waals surface area contributed by atoms with Gasteiger partial charge in [-0.15, -0.1) is 0 Å². The van der Waals surface area contributed by atoms with Crippen LogP contribution in [0.5, 0.6) is 0 Å². The Balaban J connectivity index is 2.37. The molecule has 0 radical (unpaired) electrons. The molecule has 6 nitrogen and oxygen atoms in total. The number of hydrogen-bond donors (Lipinski definition) is 1. The number of benzene rings is 2. The van der Waals surface area contributed by atoms with Gasteiger partial charge in [0, 0.05) is 22.8 Å². The van der Waals surface area contributed by atoms with Crippen LogP contribution in [0.1, 0.15) is 33.2 Å². The van der Waals surface area contributed by atoms with Gasteiger partial charge in [0.25, 0.3) is 11.6 Å². The number of carbonyl (C=O) groups excluding carboxylic acids is 2. The van der Waals surface area contributed by atoms with E-state index in [4.69, 9.17) is 11.6 Å². The van der Waals surface area contributed by atoms with Gasteiger partial charge in [0.2, 0.25) is 0 Å². The normalized spacial score (nSPS) is 10.2. The van der Waals surface area contributed by atoms with E-state index in [0.29, 0.717) is 5.56 Å². The monoisotopic (exact) mass is 332 g/mol. The number of Topliss-reactive ketones (excluding diaryl/α,β-unsaturated/α-hetero) is 1. The molecule has 0 saturated heterocycles. The Kier molecular flexibility index (Phi) is 4.76. The van der Waals surface area contributed by atoms with E-state index >= 15 is 0 Å². The molecule has 0 bridgehead atoms. The van der Waals surface area contributed by atoms with Crippen molar-refractivity contribution in [2.24, 2.45) is 0 Å². The SMILES string of the molecule is CC(=O)c1ccc(Cl)c(NC(=O)c2cccc([N+](=O)[O-])c2C)c1. The lowest BCUT2D eigenvalue weighted by Gasteiger charge is -2.10. The number of ketones is 1. The third-order valence-electron chi connectivity index (χ3n) is 3.37. The van der Waals surface area contributed by atoms with Crippen molar-refractivity contribution in [1.82, 2.24) is 0 Å². The summed E-state index contributed by atoms with van der Waals surface area (Å²) in [7, 11) is 0. The first kappa shape index (κ1) is 16.6. The number of hydrogen-bond acceptors (Lipinski definition) is 4. The van der Waals surface area contributed by atoms with E-state index in [1.165, 1.54) is 44.2 Å². The minimum Gasteiger partial charge on any atom is -0.321 e. The van der Waals surface area contributed by atoms with Crippen LogP contribution in [-0.2, 0) is 0 Å². The van der Waals surface area contributed by atoms with E-state index in [0.717, 1.165) is 0 Å². The van der Waals surface area contributed by atoms with Gasteiger partial charge >= 0.3 is 0 Å². The highest BCUT2D eigenvalue weighted by atomic mass is 35.5. The molecule has 0 unspecified atom stereocenters. The lowest BCUT2D eigenvalue weighted by atomic mass is 10.1. The molecule has 0 saturated carbocycles. The molecule has 0 aromatic heterocycles. The lowest BCUT2D eigenvalue weighted by Crippen LogP contribution is -2.14. The summed E-state index contributed by atoms with van der Waals surface area (Å²) in [5, 5.41) is 13.8. The number of nitro groups is 1. The number of nitrogens with zero attached hydrogens (tertiary/aromatic N) is 1. The number of halogens is 1. The van der Waals surface area contributed by atoms with Crippen molar-refractivity contribution in [3.63, 3.8) is 0 Å². The highest BCUT2D eigenvalue weighted by Crippen LogP contribution is 2.26. The molecule has 0 aliphatic rings. The zero-order valence-electron chi connectivity index (χ0n) is 12.4. The maximum atomic E-state index is 12.4. The third kappa shape index (κ3) is 3.54. The van der Waals surface area contributed by atoms with Gasteiger partial charge in [-0.3, -0.25) is 19.7 Å². The van der Waals surface area contributed by atoms with Crippen molar-refractivity contribution >= 4 is 34.7 Å². The molecule has 0 heterocycles. The molecule has 2 aromatic carbocycles. The molecule has 7 heteroatoms. The average molecular weight is 333 g/mol. The fraction of sp³-hybridized carbons (Fsp3) is 0.125. The Morgan fingerprint density at radius 3 is 2.52 bits per heavy atom. The molecule has 0 aliphatic heterocycles. The van der Waals surface area contributed by atoms with E-state index in [2.05, 4.69) is 5.32 Å². The van der Waals surface area contributed by atoms with Gasteiger partial charge < -0.3 is 5.32 Å². The topological polar surface area (TPSA) is 89.3 Å². The van der Waals surface area contributed by atoms with E-state index in [1.54, 1.807) is 6.07 Å². The molecule has 1 N–H and O–H groups in total. The van der Waals surface area contributed by atoms with Crippen molar-refractivity contribution < 1.29 is 14.5 Å². The first-order valence-electron chi connectivity index (χ1n) is 6.67. The molecule has 2 rings (SSSR count). The van der Waals surface area contributed by atoms with Crippen LogP contribution in [0.4, 0.5) is 11.4 Å². The second-order valence-corrected chi connectivity index (χ2v) is 5.32. The van der Waals surface area contributed by atoms with Crippen LogP contribution in [-0.4, -0.2) is 16.6 Å². The number of amides is 1. The molecular weight excluding hydrogens is 320 g/mol. The molecule has 118 valence electrons. The van der Waals surface area contributed by atoms with Gasteiger partial charge in [-0.05, 0) is 38.1 Å². The third-order valence-corrected chi connectivity index (χ3v) is 3.70. The van der Waals surface area contributed by atoms with Gasteiger partial charge in [-0.2, -0.15) is 0 Å². The van der Waals surface area contributed by atoms with Crippen LogP contribution in [0.25, 0.3) is 0 Å². The molecule has 23 heavy (non-hydrogen) atoms. The predicted molar refractivity (Wildman–Crippen MR) is 87.2 cm³/mol. The Labute approximate surface area is 137 Å². The first-order chi connectivity index (χ1) is 10.8. The summed E-state index contributed by atoms with van der Waals surface area (Å²) < 4.78 is 0. The Hall–Kier alpha value is -2.73.